The van der Waals surface area contributed by atoms with E-state index in [0.717, 1.165) is 18.4 Å². The Bertz CT molecular complexity index is 1230. The molecule has 1 aromatic carbocycles. The van der Waals surface area contributed by atoms with Crippen LogP contribution in [0.4, 0.5) is 0 Å². The molecule has 2 fully saturated rings. The van der Waals surface area contributed by atoms with Crippen molar-refractivity contribution in [3.8, 4) is 11.5 Å². The summed E-state index contributed by atoms with van der Waals surface area (Å²) < 4.78 is 10.7. The molecule has 1 atom stereocenters. The maximum absolute atomic E-state index is 13.7. The molecule has 8 nitrogen and oxygen atoms in total. The second-order valence-corrected chi connectivity index (χ2v) is 11.1. The Labute approximate surface area is 216 Å². The van der Waals surface area contributed by atoms with Gasteiger partial charge in [0, 0.05) is 18.1 Å². The summed E-state index contributed by atoms with van der Waals surface area (Å²) in [5.74, 6) is -3.73. The van der Waals surface area contributed by atoms with Crippen LogP contribution in [0, 0.1) is 22.7 Å². The normalized spacial score (nSPS) is 25.5. The Morgan fingerprint density at radius 1 is 0.892 bits per heavy atom. The van der Waals surface area contributed by atoms with Crippen molar-refractivity contribution in [3.63, 3.8) is 0 Å². The van der Waals surface area contributed by atoms with Crippen LogP contribution in [0.3, 0.4) is 0 Å². The number of benzene rings is 1. The van der Waals surface area contributed by atoms with Gasteiger partial charge in [-0.1, -0.05) is 6.07 Å². The zero-order valence-electron chi connectivity index (χ0n) is 22.2. The standard InChI is InChI=1S/C29H33NO7/c1-28(2)25(33)23(26(34)29(3,4)27(28)35)24(32)17-14-19(15-7-8-15)30-18(10-11-20(17)31)16-9-12-21(36-5)22(13-16)37-6/h9,12-15,18,23H,7-8,10-11H2,1-6H3/b17-14+,30-19?. The number of carbonyl (C=O) groups is 5. The summed E-state index contributed by atoms with van der Waals surface area (Å²) in [5, 5.41) is 0. The smallest absolute Gasteiger partial charge is 0.184 e. The molecule has 0 N–H and O–H groups in total. The van der Waals surface area contributed by atoms with Gasteiger partial charge in [0.2, 0.25) is 0 Å². The van der Waals surface area contributed by atoms with E-state index in [9.17, 15) is 24.0 Å². The van der Waals surface area contributed by atoms with Gasteiger partial charge in [0.1, 0.15) is 5.92 Å². The zero-order valence-corrected chi connectivity index (χ0v) is 22.2. The minimum atomic E-state index is -1.68. The number of aliphatic imine (C=N–C) groups is 1. The zero-order chi connectivity index (χ0) is 27.3. The van der Waals surface area contributed by atoms with Crippen LogP contribution in [0.2, 0.25) is 0 Å². The first kappa shape index (κ1) is 26.6. The fraction of sp³-hybridized carbons (Fsp3) is 0.517. The highest BCUT2D eigenvalue weighted by Gasteiger charge is 2.60. The van der Waals surface area contributed by atoms with Crippen molar-refractivity contribution in [3.05, 3.63) is 35.4 Å². The summed E-state index contributed by atoms with van der Waals surface area (Å²) in [7, 11) is 3.10. The number of ether oxygens (including phenoxy) is 2. The van der Waals surface area contributed by atoms with Crippen LogP contribution in [-0.4, -0.2) is 48.8 Å². The monoisotopic (exact) mass is 507 g/mol. The molecule has 4 rings (SSSR count). The number of allylic oxidation sites excluding steroid dienone is 2. The summed E-state index contributed by atoms with van der Waals surface area (Å²) in [6, 6.07) is 5.17. The third-order valence-corrected chi connectivity index (χ3v) is 7.75. The van der Waals surface area contributed by atoms with Crippen molar-refractivity contribution in [2.75, 3.05) is 14.2 Å². The quantitative estimate of drug-likeness (QED) is 0.424. The first-order valence-corrected chi connectivity index (χ1v) is 12.6. The maximum atomic E-state index is 13.7. The number of rotatable bonds is 6. The molecule has 0 aromatic heterocycles. The molecule has 196 valence electrons. The number of hydrogen-bond acceptors (Lipinski definition) is 8. The van der Waals surface area contributed by atoms with Crippen LogP contribution in [-0.2, 0) is 24.0 Å². The maximum Gasteiger partial charge on any atom is 0.184 e. The highest BCUT2D eigenvalue weighted by atomic mass is 16.5. The molecule has 3 aliphatic rings. The number of Topliss-reactive ketones (excluding diaryl/α,β-unsaturated/α-hetero) is 5. The molecule has 1 unspecified atom stereocenters. The van der Waals surface area contributed by atoms with Gasteiger partial charge >= 0.3 is 0 Å². The summed E-state index contributed by atoms with van der Waals surface area (Å²) in [6.45, 7) is 5.74. The lowest BCUT2D eigenvalue weighted by atomic mass is 9.57. The molecule has 2 aliphatic carbocycles. The molecule has 2 saturated carbocycles. The average molecular weight is 508 g/mol. The number of nitrogens with zero attached hydrogens (tertiary/aromatic N) is 1. The van der Waals surface area contributed by atoms with Crippen molar-refractivity contribution < 1.29 is 33.4 Å². The van der Waals surface area contributed by atoms with Crippen LogP contribution in [0.25, 0.3) is 0 Å². The summed E-state index contributed by atoms with van der Waals surface area (Å²) in [6.07, 6.45) is 3.58. The first-order valence-electron chi connectivity index (χ1n) is 12.6. The third-order valence-electron chi connectivity index (χ3n) is 7.75. The molecular weight excluding hydrogens is 474 g/mol. The highest BCUT2D eigenvalue weighted by Crippen LogP contribution is 2.43. The average Bonchev–Trinajstić information content (AvgIpc) is 3.70. The lowest BCUT2D eigenvalue weighted by molar-refractivity contribution is -0.161. The predicted molar refractivity (Wildman–Crippen MR) is 136 cm³/mol. The van der Waals surface area contributed by atoms with Gasteiger partial charge in [-0.15, -0.1) is 0 Å². The van der Waals surface area contributed by atoms with Gasteiger partial charge in [0.25, 0.3) is 0 Å². The molecule has 0 spiro atoms. The molecule has 1 heterocycles. The van der Waals surface area contributed by atoms with E-state index in [-0.39, 0.29) is 24.0 Å². The Hall–Kier alpha value is -3.42. The Balaban J connectivity index is 1.75. The Kier molecular flexibility index (Phi) is 6.82. The van der Waals surface area contributed by atoms with E-state index in [1.807, 2.05) is 12.1 Å². The van der Waals surface area contributed by atoms with Crippen molar-refractivity contribution in [1.82, 2.24) is 0 Å². The second kappa shape index (κ2) is 9.47. The van der Waals surface area contributed by atoms with Crippen LogP contribution in [0.5, 0.6) is 11.5 Å². The van der Waals surface area contributed by atoms with E-state index in [4.69, 9.17) is 14.5 Å². The van der Waals surface area contributed by atoms with Crippen molar-refractivity contribution in [1.29, 1.82) is 0 Å². The van der Waals surface area contributed by atoms with E-state index in [1.54, 1.807) is 20.3 Å². The van der Waals surface area contributed by atoms with Gasteiger partial charge in [-0.3, -0.25) is 29.0 Å². The van der Waals surface area contributed by atoms with Gasteiger partial charge in [0.15, 0.2) is 40.4 Å². The van der Waals surface area contributed by atoms with E-state index in [2.05, 4.69) is 0 Å². The molecule has 0 bridgehead atoms. The fourth-order valence-corrected chi connectivity index (χ4v) is 5.26. The number of methoxy groups -OCH3 is 2. The Morgan fingerprint density at radius 3 is 2.03 bits per heavy atom. The minimum absolute atomic E-state index is 0.0127. The van der Waals surface area contributed by atoms with E-state index >= 15 is 0 Å². The molecule has 0 amide bonds. The van der Waals surface area contributed by atoms with Crippen molar-refractivity contribution in [2.45, 2.75) is 59.4 Å². The molecule has 8 heteroatoms. The largest absolute Gasteiger partial charge is 0.493 e. The Morgan fingerprint density at radius 2 is 1.49 bits per heavy atom. The number of hydrogen-bond donors (Lipinski definition) is 0. The molecule has 37 heavy (non-hydrogen) atoms. The van der Waals surface area contributed by atoms with Gasteiger partial charge in [-0.25, -0.2) is 0 Å². The van der Waals surface area contributed by atoms with Gasteiger partial charge in [-0.05, 0) is 70.7 Å². The van der Waals surface area contributed by atoms with Crippen molar-refractivity contribution in [2.24, 2.45) is 27.7 Å². The fourth-order valence-electron chi connectivity index (χ4n) is 5.26. The summed E-state index contributed by atoms with van der Waals surface area (Å²) in [4.78, 5) is 71.3. The SMILES string of the molecule is COc1ccc(C2CCC(=O)/C(C(=O)C3C(=O)C(C)(C)C(=O)C(C)(C)C3=O)=C\C(C3CC3)=N2)cc1OC. The topological polar surface area (TPSA) is 116 Å². The summed E-state index contributed by atoms with van der Waals surface area (Å²) >= 11 is 0. The van der Waals surface area contributed by atoms with Crippen molar-refractivity contribution >= 4 is 34.6 Å². The lowest BCUT2D eigenvalue weighted by Crippen LogP contribution is -2.59. The molecule has 0 radical (unpaired) electrons. The first-order chi connectivity index (χ1) is 17.3. The van der Waals surface area contributed by atoms with Gasteiger partial charge in [0.05, 0.1) is 36.7 Å². The molecule has 0 saturated heterocycles. The van der Waals surface area contributed by atoms with E-state index < -0.39 is 45.7 Å². The predicted octanol–water partition coefficient (Wildman–Crippen LogP) is 3.84. The summed E-state index contributed by atoms with van der Waals surface area (Å²) in [5.41, 5.74) is -1.72. The number of carbonyl (C=O) groups excluding carboxylic acids is 5. The van der Waals surface area contributed by atoms with E-state index in [1.165, 1.54) is 33.8 Å². The highest BCUT2D eigenvalue weighted by molar-refractivity contribution is 6.41. The number of ketones is 5. The van der Waals surface area contributed by atoms with Gasteiger partial charge in [-0.2, -0.15) is 0 Å². The van der Waals surface area contributed by atoms with Crippen LogP contribution >= 0.6 is 0 Å². The third kappa shape index (κ3) is 4.58. The van der Waals surface area contributed by atoms with Crippen LogP contribution in [0.15, 0.2) is 34.8 Å². The molecular formula is C29H33NO7. The van der Waals surface area contributed by atoms with E-state index in [0.29, 0.717) is 23.6 Å². The van der Waals surface area contributed by atoms with Gasteiger partial charge < -0.3 is 9.47 Å². The van der Waals surface area contributed by atoms with Crippen LogP contribution < -0.4 is 9.47 Å². The minimum Gasteiger partial charge on any atom is -0.493 e. The van der Waals surface area contributed by atoms with Crippen LogP contribution in [0.1, 0.15) is 65.0 Å². The molecule has 1 aromatic rings. The molecule has 1 aliphatic heterocycles. The second-order valence-electron chi connectivity index (χ2n) is 11.1. The lowest BCUT2D eigenvalue weighted by Gasteiger charge is -2.40.